The van der Waals surface area contributed by atoms with Crippen molar-refractivity contribution in [2.24, 2.45) is 0 Å². The molecule has 0 bridgehead atoms. The van der Waals surface area contributed by atoms with Gasteiger partial charge in [0.25, 0.3) is 0 Å². The zero-order chi connectivity index (χ0) is 16.2. The number of nitrogens with two attached hydrogens (primary N) is 2. The highest BCUT2D eigenvalue weighted by molar-refractivity contribution is 5.73. The van der Waals surface area contributed by atoms with Gasteiger partial charge in [0, 0.05) is 18.0 Å². The van der Waals surface area contributed by atoms with Crippen LogP contribution in [0.3, 0.4) is 0 Å². The van der Waals surface area contributed by atoms with Crippen molar-refractivity contribution in [2.45, 2.75) is 0 Å². The van der Waals surface area contributed by atoms with Gasteiger partial charge in [-0.1, -0.05) is 12.1 Å². The number of benzene rings is 1. The van der Waals surface area contributed by atoms with Gasteiger partial charge in [0.15, 0.2) is 0 Å². The number of hydrogen-bond donors (Lipinski definition) is 2. The molecule has 3 rings (SSSR count). The van der Waals surface area contributed by atoms with E-state index in [0.717, 1.165) is 0 Å². The van der Waals surface area contributed by atoms with Crippen LogP contribution in [0.2, 0.25) is 0 Å². The fourth-order valence-electron chi connectivity index (χ4n) is 1.97. The molecule has 1 aromatic carbocycles. The Labute approximate surface area is 131 Å². The summed E-state index contributed by atoms with van der Waals surface area (Å²) in [6.45, 7) is 0. The van der Waals surface area contributed by atoms with Crippen LogP contribution in [0.4, 0.5) is 11.8 Å². The number of nitriles is 1. The van der Waals surface area contributed by atoms with Crippen molar-refractivity contribution in [2.75, 3.05) is 11.5 Å². The van der Waals surface area contributed by atoms with E-state index in [0.29, 0.717) is 17.0 Å². The Morgan fingerprint density at radius 1 is 1.04 bits per heavy atom. The molecule has 8 nitrogen and oxygen atoms in total. The lowest BCUT2D eigenvalue weighted by atomic mass is 10.1. The molecule has 0 unspecified atom stereocenters. The lowest BCUT2D eigenvalue weighted by Gasteiger charge is -2.08. The minimum Gasteiger partial charge on any atom is -0.424 e. The molecule has 3 aromatic rings. The molecule has 0 fully saturated rings. The third-order valence-electron chi connectivity index (χ3n) is 2.92. The highest BCUT2D eigenvalue weighted by Gasteiger charge is 2.14. The molecule has 23 heavy (non-hydrogen) atoms. The zero-order valence-electron chi connectivity index (χ0n) is 11.8. The molecule has 0 saturated carbocycles. The van der Waals surface area contributed by atoms with E-state index in [4.69, 9.17) is 16.2 Å². The summed E-state index contributed by atoms with van der Waals surface area (Å²) in [5, 5.41) is 9.25. The predicted octanol–water partition coefficient (Wildman–Crippen LogP) is 1.76. The number of hydrogen-bond acceptors (Lipinski definition) is 8. The van der Waals surface area contributed by atoms with Gasteiger partial charge < -0.3 is 16.2 Å². The van der Waals surface area contributed by atoms with E-state index in [1.54, 1.807) is 42.7 Å². The molecule has 2 heterocycles. The quantitative estimate of drug-likeness (QED) is 0.746. The van der Waals surface area contributed by atoms with E-state index in [2.05, 4.69) is 19.9 Å². The molecule has 0 amide bonds. The normalized spacial score (nSPS) is 10.0. The second-order valence-corrected chi connectivity index (χ2v) is 4.46. The van der Waals surface area contributed by atoms with Crippen LogP contribution in [0.5, 0.6) is 11.8 Å². The first-order valence-electron chi connectivity index (χ1n) is 6.56. The predicted molar refractivity (Wildman–Crippen MR) is 83.1 cm³/mol. The number of nitrogens with zero attached hydrogens (tertiary/aromatic N) is 5. The fourth-order valence-corrected chi connectivity index (χ4v) is 1.97. The van der Waals surface area contributed by atoms with Crippen LogP contribution in [0.15, 0.2) is 42.7 Å². The Kier molecular flexibility index (Phi) is 3.68. The molecular weight excluding hydrogens is 294 g/mol. The van der Waals surface area contributed by atoms with Crippen LogP contribution in [0.25, 0.3) is 11.3 Å². The van der Waals surface area contributed by atoms with Gasteiger partial charge in [0.2, 0.25) is 5.95 Å². The Bertz CT molecular complexity index is 890. The highest BCUT2D eigenvalue weighted by Crippen LogP contribution is 2.29. The van der Waals surface area contributed by atoms with Gasteiger partial charge in [-0.05, 0) is 18.2 Å². The van der Waals surface area contributed by atoms with Crippen LogP contribution >= 0.6 is 0 Å². The molecule has 4 N–H and O–H groups in total. The number of ether oxygens (including phenoxy) is 1. The summed E-state index contributed by atoms with van der Waals surface area (Å²) in [6, 6.07) is 10.8. The van der Waals surface area contributed by atoms with E-state index < -0.39 is 0 Å². The molecule has 0 spiro atoms. The van der Waals surface area contributed by atoms with Gasteiger partial charge >= 0.3 is 6.01 Å². The summed E-state index contributed by atoms with van der Waals surface area (Å²) in [6.07, 6.45) is 3.15. The van der Waals surface area contributed by atoms with Crippen LogP contribution in [0.1, 0.15) is 5.56 Å². The first-order valence-corrected chi connectivity index (χ1v) is 6.56. The second kappa shape index (κ2) is 5.95. The molecule has 8 heteroatoms. The molecule has 2 aromatic heterocycles. The lowest BCUT2D eigenvalue weighted by Crippen LogP contribution is -2.05. The first-order chi connectivity index (χ1) is 11.2. The summed E-state index contributed by atoms with van der Waals surface area (Å²) >= 11 is 0. The monoisotopic (exact) mass is 305 g/mol. The molecule has 112 valence electrons. The summed E-state index contributed by atoms with van der Waals surface area (Å²) in [4.78, 5) is 15.9. The van der Waals surface area contributed by atoms with Gasteiger partial charge in [0.1, 0.15) is 23.2 Å². The molecule has 0 saturated heterocycles. The summed E-state index contributed by atoms with van der Waals surface area (Å²) in [5.41, 5.74) is 12.5. The third kappa shape index (κ3) is 2.98. The minimum atomic E-state index is -0.00536. The average Bonchev–Trinajstić information content (AvgIpc) is 2.55. The lowest BCUT2D eigenvalue weighted by molar-refractivity contribution is 0.442. The second-order valence-electron chi connectivity index (χ2n) is 4.46. The Hall–Kier alpha value is -3.73. The van der Waals surface area contributed by atoms with E-state index in [1.165, 1.54) is 0 Å². The summed E-state index contributed by atoms with van der Waals surface area (Å²) in [5.74, 6) is 0.523. The van der Waals surface area contributed by atoms with E-state index in [-0.39, 0.29) is 23.3 Å². The number of anilines is 2. The fraction of sp³-hybridized carbons (Fsp3) is 0. The molecule has 0 aliphatic rings. The van der Waals surface area contributed by atoms with Crippen molar-refractivity contribution in [1.82, 2.24) is 19.9 Å². The maximum absolute atomic E-state index is 9.25. The van der Waals surface area contributed by atoms with Gasteiger partial charge in [-0.25, -0.2) is 15.0 Å². The highest BCUT2D eigenvalue weighted by atomic mass is 16.5. The number of nitrogen functional groups attached to an aromatic ring is 2. The van der Waals surface area contributed by atoms with Crippen molar-refractivity contribution in [3.8, 4) is 29.1 Å². The van der Waals surface area contributed by atoms with Gasteiger partial charge in [0.05, 0.1) is 5.69 Å². The SMILES string of the molecule is N#Cc1c(N)nc(N)nc1-c1cccc(Oc2ncccn2)c1. The van der Waals surface area contributed by atoms with E-state index in [1.807, 2.05) is 6.07 Å². The smallest absolute Gasteiger partial charge is 0.321 e. The van der Waals surface area contributed by atoms with Crippen LogP contribution in [-0.2, 0) is 0 Å². The van der Waals surface area contributed by atoms with Crippen molar-refractivity contribution >= 4 is 11.8 Å². The molecule has 0 aliphatic carbocycles. The average molecular weight is 305 g/mol. The van der Waals surface area contributed by atoms with Crippen molar-refractivity contribution in [3.05, 3.63) is 48.3 Å². The zero-order valence-corrected chi connectivity index (χ0v) is 11.8. The number of rotatable bonds is 3. The van der Waals surface area contributed by atoms with Gasteiger partial charge in [-0.15, -0.1) is 0 Å². The molecule has 0 atom stereocenters. The van der Waals surface area contributed by atoms with Crippen molar-refractivity contribution < 1.29 is 4.74 Å². The number of aromatic nitrogens is 4. The first kappa shape index (κ1) is 14.2. The van der Waals surface area contributed by atoms with E-state index >= 15 is 0 Å². The Balaban J connectivity index is 2.02. The standard InChI is InChI=1S/C15H11N7O/c16-8-11-12(21-14(18)22-13(11)17)9-3-1-4-10(7-9)23-15-19-5-2-6-20-15/h1-7H,(H4,17,18,21,22). The van der Waals surface area contributed by atoms with Crippen LogP contribution in [0, 0.1) is 11.3 Å². The van der Waals surface area contributed by atoms with Crippen molar-refractivity contribution in [1.29, 1.82) is 5.26 Å². The van der Waals surface area contributed by atoms with Crippen LogP contribution in [-0.4, -0.2) is 19.9 Å². The summed E-state index contributed by atoms with van der Waals surface area (Å²) in [7, 11) is 0. The van der Waals surface area contributed by atoms with Crippen molar-refractivity contribution in [3.63, 3.8) is 0 Å². The van der Waals surface area contributed by atoms with E-state index in [9.17, 15) is 5.26 Å². The topological polar surface area (TPSA) is 137 Å². The molecule has 0 radical (unpaired) electrons. The van der Waals surface area contributed by atoms with Gasteiger partial charge in [-0.2, -0.15) is 10.2 Å². The Morgan fingerprint density at radius 3 is 2.57 bits per heavy atom. The minimum absolute atomic E-state index is 0.00536. The Morgan fingerprint density at radius 2 is 1.83 bits per heavy atom. The maximum Gasteiger partial charge on any atom is 0.321 e. The van der Waals surface area contributed by atoms with Gasteiger partial charge in [-0.3, -0.25) is 0 Å². The third-order valence-corrected chi connectivity index (χ3v) is 2.92. The summed E-state index contributed by atoms with van der Waals surface area (Å²) < 4.78 is 5.56. The molecular formula is C15H11N7O. The van der Waals surface area contributed by atoms with Crippen LogP contribution < -0.4 is 16.2 Å². The largest absolute Gasteiger partial charge is 0.424 e. The maximum atomic E-state index is 9.25. The molecule has 0 aliphatic heterocycles.